The van der Waals surface area contributed by atoms with Crippen molar-refractivity contribution in [3.63, 3.8) is 0 Å². The second kappa shape index (κ2) is 6.05. The van der Waals surface area contributed by atoms with E-state index >= 15 is 0 Å². The van der Waals surface area contributed by atoms with Crippen molar-refractivity contribution in [3.05, 3.63) is 24.3 Å². The minimum atomic E-state index is -0.466. The molecule has 6 nitrogen and oxygen atoms in total. The number of carbonyl (C=O) groups is 1. The van der Waals surface area contributed by atoms with E-state index in [9.17, 15) is 4.79 Å². The lowest BCUT2D eigenvalue weighted by Gasteiger charge is -2.18. The van der Waals surface area contributed by atoms with Gasteiger partial charge in [0, 0.05) is 12.4 Å². The first-order valence-electron chi connectivity index (χ1n) is 4.65. The van der Waals surface area contributed by atoms with Gasteiger partial charge in [0.1, 0.15) is 0 Å². The van der Waals surface area contributed by atoms with E-state index in [1.807, 2.05) is 0 Å². The lowest BCUT2D eigenvalue weighted by atomic mass is 10.4. The highest BCUT2D eigenvalue weighted by Crippen LogP contribution is 2.01. The molecule has 1 heterocycles. The van der Waals surface area contributed by atoms with Crippen LogP contribution in [0.3, 0.4) is 0 Å². The van der Waals surface area contributed by atoms with Crippen molar-refractivity contribution in [1.29, 1.82) is 0 Å². The van der Waals surface area contributed by atoms with Crippen molar-refractivity contribution < 1.29 is 14.5 Å². The molecular formula is C9H13N3O3. The maximum atomic E-state index is 11.7. The molecule has 0 radical (unpaired) electrons. The topological polar surface area (TPSA) is 64.6 Å². The largest absolute Gasteiger partial charge is 0.323 e. The predicted molar refractivity (Wildman–Crippen MR) is 51.5 cm³/mol. The summed E-state index contributed by atoms with van der Waals surface area (Å²) in [5, 5.41) is 0.823. The number of rotatable bonds is 5. The zero-order valence-electron chi connectivity index (χ0n) is 8.71. The molecule has 0 saturated carbocycles. The van der Waals surface area contributed by atoms with Gasteiger partial charge in [0.05, 0.1) is 19.4 Å². The van der Waals surface area contributed by atoms with E-state index in [1.54, 1.807) is 13.8 Å². The molecule has 1 aromatic heterocycles. The minimum Gasteiger partial charge on any atom is -0.262 e. The highest BCUT2D eigenvalue weighted by molar-refractivity contribution is 5.90. The van der Waals surface area contributed by atoms with Crippen LogP contribution >= 0.6 is 0 Å². The van der Waals surface area contributed by atoms with Crippen LogP contribution in [0.25, 0.3) is 0 Å². The van der Waals surface area contributed by atoms with Crippen LogP contribution in [0.2, 0.25) is 0 Å². The fourth-order valence-electron chi connectivity index (χ4n) is 0.892. The molecule has 0 aromatic carbocycles. The van der Waals surface area contributed by atoms with E-state index in [-0.39, 0.29) is 5.69 Å². The monoisotopic (exact) mass is 211 g/mol. The molecule has 0 saturated heterocycles. The Morgan fingerprint density at radius 2 is 2.00 bits per heavy atom. The van der Waals surface area contributed by atoms with Gasteiger partial charge < -0.3 is 0 Å². The van der Waals surface area contributed by atoms with Crippen molar-refractivity contribution in [1.82, 2.24) is 15.2 Å². The Kier molecular flexibility index (Phi) is 4.65. The zero-order valence-corrected chi connectivity index (χ0v) is 8.71. The van der Waals surface area contributed by atoms with Crippen LogP contribution < -0.4 is 0 Å². The van der Waals surface area contributed by atoms with E-state index in [0.717, 1.165) is 5.23 Å². The van der Waals surface area contributed by atoms with Crippen molar-refractivity contribution in [3.8, 4) is 0 Å². The average molecular weight is 211 g/mol. The van der Waals surface area contributed by atoms with Crippen LogP contribution in [0, 0.1) is 0 Å². The second-order valence-corrected chi connectivity index (χ2v) is 2.49. The molecule has 0 fully saturated rings. The molecule has 1 rings (SSSR count). The van der Waals surface area contributed by atoms with Crippen molar-refractivity contribution >= 4 is 5.91 Å². The summed E-state index contributed by atoms with van der Waals surface area (Å²) in [4.78, 5) is 29.3. The Morgan fingerprint density at radius 3 is 2.47 bits per heavy atom. The highest BCUT2D eigenvalue weighted by Gasteiger charge is 2.18. The lowest BCUT2D eigenvalue weighted by molar-refractivity contribution is -0.323. The third-order valence-electron chi connectivity index (χ3n) is 1.44. The summed E-state index contributed by atoms with van der Waals surface area (Å²) in [5.41, 5.74) is 0.180. The van der Waals surface area contributed by atoms with Gasteiger partial charge in [-0.3, -0.25) is 9.78 Å². The fourth-order valence-corrected chi connectivity index (χ4v) is 0.892. The highest BCUT2D eigenvalue weighted by atomic mass is 17.0. The maximum absolute atomic E-state index is 11.7. The first-order chi connectivity index (χ1) is 7.29. The molecule has 1 aromatic rings. The summed E-state index contributed by atoms with van der Waals surface area (Å²) in [6.07, 6.45) is 4.28. The smallest absolute Gasteiger partial charge is 0.262 e. The number of carbonyl (C=O) groups excluding carboxylic acids is 1. The molecular weight excluding hydrogens is 198 g/mol. The van der Waals surface area contributed by atoms with Gasteiger partial charge >= 0.3 is 5.91 Å². The minimum absolute atomic E-state index is 0.180. The first-order valence-corrected chi connectivity index (χ1v) is 4.65. The van der Waals surface area contributed by atoms with E-state index in [0.29, 0.717) is 13.2 Å². The van der Waals surface area contributed by atoms with E-state index < -0.39 is 5.91 Å². The summed E-state index contributed by atoms with van der Waals surface area (Å²) < 4.78 is 0. The molecule has 1 amide bonds. The van der Waals surface area contributed by atoms with E-state index in [2.05, 4.69) is 9.97 Å². The first kappa shape index (κ1) is 11.5. The van der Waals surface area contributed by atoms with Gasteiger partial charge in [0.15, 0.2) is 5.69 Å². The van der Waals surface area contributed by atoms with Crippen LogP contribution in [0.5, 0.6) is 0 Å². The SMILES string of the molecule is CCON(OCC)C(=O)c1cnccn1. The predicted octanol–water partition coefficient (Wildman–Crippen LogP) is 0.822. The molecule has 6 heteroatoms. The molecule has 0 N–H and O–H groups in total. The molecule has 0 unspecified atom stereocenters. The second-order valence-electron chi connectivity index (χ2n) is 2.49. The van der Waals surface area contributed by atoms with Crippen LogP contribution in [0.1, 0.15) is 24.3 Å². The average Bonchev–Trinajstić information content (AvgIpc) is 2.29. The van der Waals surface area contributed by atoms with Gasteiger partial charge in [-0.25, -0.2) is 14.7 Å². The van der Waals surface area contributed by atoms with Gasteiger partial charge in [-0.1, -0.05) is 5.23 Å². The van der Waals surface area contributed by atoms with Gasteiger partial charge in [-0.05, 0) is 13.8 Å². The summed E-state index contributed by atoms with van der Waals surface area (Å²) >= 11 is 0. The third kappa shape index (κ3) is 3.26. The van der Waals surface area contributed by atoms with Crippen molar-refractivity contribution in [2.24, 2.45) is 0 Å². The molecule has 15 heavy (non-hydrogen) atoms. The standard InChI is InChI=1S/C9H13N3O3/c1-3-14-12(15-4-2)9(13)8-7-10-5-6-11-8/h5-7H,3-4H2,1-2H3. The Labute approximate surface area is 87.8 Å². The summed E-state index contributed by atoms with van der Waals surface area (Å²) in [7, 11) is 0. The Hall–Kier alpha value is -1.53. The molecule has 0 aliphatic heterocycles. The molecule has 82 valence electrons. The summed E-state index contributed by atoms with van der Waals surface area (Å²) in [6.45, 7) is 4.20. The Balaban J connectivity index is 2.71. The normalized spacial score (nSPS) is 10.0. The van der Waals surface area contributed by atoms with Gasteiger partial charge in [-0.2, -0.15) is 0 Å². The maximum Gasteiger partial charge on any atom is 0.323 e. The van der Waals surface area contributed by atoms with Gasteiger partial charge in [0.25, 0.3) is 0 Å². The number of nitrogens with zero attached hydrogens (tertiary/aromatic N) is 3. The number of hydroxylamine groups is 2. The van der Waals surface area contributed by atoms with Gasteiger partial charge in [0.2, 0.25) is 0 Å². The molecule has 0 aliphatic carbocycles. The molecule has 0 atom stereocenters. The molecule has 0 aliphatic rings. The third-order valence-corrected chi connectivity index (χ3v) is 1.44. The molecule has 0 bridgehead atoms. The fraction of sp³-hybridized carbons (Fsp3) is 0.444. The number of hydrogen-bond acceptors (Lipinski definition) is 5. The summed E-state index contributed by atoms with van der Waals surface area (Å²) in [6, 6.07) is 0. The van der Waals surface area contributed by atoms with Crippen molar-refractivity contribution in [2.45, 2.75) is 13.8 Å². The van der Waals surface area contributed by atoms with E-state index in [4.69, 9.17) is 9.68 Å². The van der Waals surface area contributed by atoms with Crippen LogP contribution in [-0.2, 0) is 9.68 Å². The van der Waals surface area contributed by atoms with Crippen LogP contribution in [0.15, 0.2) is 18.6 Å². The summed E-state index contributed by atoms with van der Waals surface area (Å²) in [5.74, 6) is -0.466. The zero-order chi connectivity index (χ0) is 11.1. The quantitative estimate of drug-likeness (QED) is 0.675. The number of aromatic nitrogens is 2. The van der Waals surface area contributed by atoms with Crippen LogP contribution in [0.4, 0.5) is 0 Å². The van der Waals surface area contributed by atoms with Gasteiger partial charge in [-0.15, -0.1) is 0 Å². The Morgan fingerprint density at radius 1 is 1.33 bits per heavy atom. The Bertz CT molecular complexity index is 299. The number of hydrogen-bond donors (Lipinski definition) is 0. The van der Waals surface area contributed by atoms with Crippen molar-refractivity contribution in [2.75, 3.05) is 13.2 Å². The molecule has 0 spiro atoms. The number of amides is 1. The van der Waals surface area contributed by atoms with Crippen LogP contribution in [-0.4, -0.2) is 34.3 Å². The van der Waals surface area contributed by atoms with E-state index in [1.165, 1.54) is 18.6 Å². The lowest BCUT2D eigenvalue weighted by Crippen LogP contribution is -2.32.